The lowest BCUT2D eigenvalue weighted by Gasteiger charge is -2.03. The maximum Gasteiger partial charge on any atom is 0.0267 e. The van der Waals surface area contributed by atoms with Crippen molar-refractivity contribution in [2.45, 2.75) is 9.79 Å². The Morgan fingerprint density at radius 3 is 2.33 bits per heavy atom. The third-order valence-corrected chi connectivity index (χ3v) is 3.23. The first kappa shape index (κ1) is 9.57. The van der Waals surface area contributed by atoms with E-state index in [1.54, 1.807) is 23.5 Å². The SMILES string of the molecule is [C]#Cc1ccc(SC)c(SC)c1. The molecule has 0 spiro atoms. The maximum absolute atomic E-state index is 6.98. The topological polar surface area (TPSA) is 0 Å². The fourth-order valence-electron chi connectivity index (χ4n) is 0.914. The first-order valence-corrected chi connectivity index (χ1v) is 5.91. The highest BCUT2D eigenvalue weighted by Gasteiger charge is 1.99. The Morgan fingerprint density at radius 1 is 1.17 bits per heavy atom. The summed E-state index contributed by atoms with van der Waals surface area (Å²) in [5.74, 6) is 2.38. The molecule has 0 saturated carbocycles. The molecule has 2 heteroatoms. The molecule has 12 heavy (non-hydrogen) atoms. The highest BCUT2D eigenvalue weighted by atomic mass is 32.2. The van der Waals surface area contributed by atoms with E-state index in [1.165, 1.54) is 9.79 Å². The molecule has 61 valence electrons. The van der Waals surface area contributed by atoms with E-state index in [0.717, 1.165) is 5.56 Å². The van der Waals surface area contributed by atoms with Crippen molar-refractivity contribution in [3.8, 4) is 5.92 Å². The van der Waals surface area contributed by atoms with E-state index in [2.05, 4.69) is 12.2 Å². The number of hydrogen-bond donors (Lipinski definition) is 0. The lowest BCUT2D eigenvalue weighted by atomic mass is 10.2. The van der Waals surface area contributed by atoms with Gasteiger partial charge in [0, 0.05) is 15.4 Å². The molecule has 0 unspecified atom stereocenters. The van der Waals surface area contributed by atoms with E-state index >= 15 is 0 Å². The van der Waals surface area contributed by atoms with Gasteiger partial charge in [-0.25, -0.2) is 0 Å². The molecule has 0 N–H and O–H groups in total. The van der Waals surface area contributed by atoms with Gasteiger partial charge < -0.3 is 0 Å². The van der Waals surface area contributed by atoms with E-state index < -0.39 is 0 Å². The van der Waals surface area contributed by atoms with Crippen molar-refractivity contribution in [1.29, 1.82) is 0 Å². The van der Waals surface area contributed by atoms with Crippen molar-refractivity contribution in [3.05, 3.63) is 30.2 Å². The molecule has 0 aliphatic heterocycles. The molecule has 0 aliphatic rings. The van der Waals surface area contributed by atoms with Crippen molar-refractivity contribution in [2.24, 2.45) is 0 Å². The minimum absolute atomic E-state index is 0.845. The Labute approximate surface area is 82.1 Å². The van der Waals surface area contributed by atoms with Crippen LogP contribution in [0.4, 0.5) is 0 Å². The van der Waals surface area contributed by atoms with E-state index in [4.69, 9.17) is 6.42 Å². The molecule has 0 aliphatic carbocycles. The van der Waals surface area contributed by atoms with Crippen LogP contribution in [0.5, 0.6) is 0 Å². The van der Waals surface area contributed by atoms with Gasteiger partial charge in [-0.05, 0) is 37.1 Å². The Bertz CT molecular complexity index is 310. The van der Waals surface area contributed by atoms with Crippen LogP contribution in [-0.2, 0) is 0 Å². The summed E-state index contributed by atoms with van der Waals surface area (Å²) in [5, 5.41) is 0. The van der Waals surface area contributed by atoms with Crippen molar-refractivity contribution >= 4 is 23.5 Å². The molecule has 1 aromatic carbocycles. The van der Waals surface area contributed by atoms with Gasteiger partial charge in [-0.15, -0.1) is 23.5 Å². The predicted octanol–water partition coefficient (Wildman–Crippen LogP) is 3.07. The van der Waals surface area contributed by atoms with Gasteiger partial charge in [0.05, 0.1) is 0 Å². The number of hydrogen-bond acceptors (Lipinski definition) is 2. The van der Waals surface area contributed by atoms with Crippen LogP contribution < -0.4 is 0 Å². The average molecular weight is 193 g/mol. The van der Waals surface area contributed by atoms with E-state index in [1.807, 2.05) is 24.5 Å². The van der Waals surface area contributed by atoms with Crippen LogP contribution in [0.3, 0.4) is 0 Å². The van der Waals surface area contributed by atoms with Gasteiger partial charge in [-0.1, -0.05) is 5.92 Å². The van der Waals surface area contributed by atoms with Crippen LogP contribution in [0.2, 0.25) is 0 Å². The van der Waals surface area contributed by atoms with Crippen molar-refractivity contribution in [1.82, 2.24) is 0 Å². The van der Waals surface area contributed by atoms with Gasteiger partial charge in [0.2, 0.25) is 0 Å². The Kier molecular flexibility index (Phi) is 3.58. The molecular formula is C10H9S2. The van der Waals surface area contributed by atoms with Crippen LogP contribution in [0, 0.1) is 12.3 Å². The molecule has 0 aromatic heterocycles. The molecule has 1 aromatic rings. The zero-order valence-electron chi connectivity index (χ0n) is 7.05. The Morgan fingerprint density at radius 2 is 1.83 bits per heavy atom. The van der Waals surface area contributed by atoms with E-state index in [9.17, 15) is 0 Å². The number of rotatable bonds is 2. The van der Waals surface area contributed by atoms with Crippen molar-refractivity contribution in [3.63, 3.8) is 0 Å². The molecule has 0 fully saturated rings. The van der Waals surface area contributed by atoms with Crippen molar-refractivity contribution in [2.75, 3.05) is 12.5 Å². The van der Waals surface area contributed by atoms with Gasteiger partial charge in [0.1, 0.15) is 0 Å². The number of thioether (sulfide) groups is 2. The Balaban J connectivity index is 3.13. The fourth-order valence-corrected chi connectivity index (χ4v) is 2.39. The molecule has 0 bridgehead atoms. The van der Waals surface area contributed by atoms with Crippen LogP contribution in [0.25, 0.3) is 0 Å². The molecule has 0 heterocycles. The van der Waals surface area contributed by atoms with Crippen LogP contribution in [-0.4, -0.2) is 12.5 Å². The second kappa shape index (κ2) is 4.49. The fraction of sp³-hybridized carbons (Fsp3) is 0.200. The summed E-state index contributed by atoms with van der Waals surface area (Å²) in [6.45, 7) is 0. The quantitative estimate of drug-likeness (QED) is 0.523. The Hall–Kier alpha value is -0.520. The predicted molar refractivity (Wildman–Crippen MR) is 56.2 cm³/mol. The number of benzene rings is 1. The summed E-state index contributed by atoms with van der Waals surface area (Å²) in [4.78, 5) is 2.49. The van der Waals surface area contributed by atoms with Gasteiger partial charge in [0.15, 0.2) is 0 Å². The lowest BCUT2D eigenvalue weighted by molar-refractivity contribution is 1.25. The summed E-state index contributed by atoms with van der Waals surface area (Å²) in [5.41, 5.74) is 0.845. The summed E-state index contributed by atoms with van der Waals surface area (Å²) >= 11 is 3.43. The normalized spacial score (nSPS) is 9.42. The van der Waals surface area contributed by atoms with Gasteiger partial charge >= 0.3 is 0 Å². The zero-order chi connectivity index (χ0) is 8.97. The van der Waals surface area contributed by atoms with Gasteiger partial charge in [-0.2, -0.15) is 0 Å². The van der Waals surface area contributed by atoms with Crippen LogP contribution >= 0.6 is 23.5 Å². The third-order valence-electron chi connectivity index (χ3n) is 1.53. The second-order valence-corrected chi connectivity index (χ2v) is 3.89. The van der Waals surface area contributed by atoms with Gasteiger partial charge in [-0.3, -0.25) is 0 Å². The lowest BCUT2D eigenvalue weighted by Crippen LogP contribution is -1.79. The molecule has 1 radical (unpaired) electrons. The summed E-state index contributed by atoms with van der Waals surface area (Å²) in [6.07, 6.45) is 11.1. The summed E-state index contributed by atoms with van der Waals surface area (Å²) < 4.78 is 0. The highest BCUT2D eigenvalue weighted by molar-refractivity contribution is 8.01. The largest absolute Gasteiger partial charge is 0.128 e. The molecule has 0 nitrogen and oxygen atoms in total. The third kappa shape index (κ3) is 2.00. The summed E-state index contributed by atoms with van der Waals surface area (Å²) in [7, 11) is 0. The minimum Gasteiger partial charge on any atom is -0.128 e. The molecular weight excluding hydrogens is 184 g/mol. The van der Waals surface area contributed by atoms with Gasteiger partial charge in [0.25, 0.3) is 0 Å². The average Bonchev–Trinajstić information content (AvgIpc) is 2.16. The first-order chi connectivity index (χ1) is 5.81. The minimum atomic E-state index is 0.845. The van der Waals surface area contributed by atoms with Crippen LogP contribution in [0.15, 0.2) is 28.0 Å². The molecule has 0 atom stereocenters. The molecule has 0 saturated heterocycles. The second-order valence-electron chi connectivity index (χ2n) is 2.19. The summed E-state index contributed by atoms with van der Waals surface area (Å²) in [6, 6.07) is 5.94. The van der Waals surface area contributed by atoms with E-state index in [-0.39, 0.29) is 0 Å². The zero-order valence-corrected chi connectivity index (χ0v) is 8.68. The standard InChI is InChI=1S/C10H9S2/c1-4-8-5-6-9(11-2)10(7-8)12-3/h5-7H,2-3H3. The molecule has 1 rings (SSSR count). The van der Waals surface area contributed by atoms with E-state index in [0.29, 0.717) is 0 Å². The maximum atomic E-state index is 6.98. The van der Waals surface area contributed by atoms with Crippen molar-refractivity contribution < 1.29 is 0 Å². The molecule has 0 amide bonds. The monoisotopic (exact) mass is 193 g/mol. The first-order valence-electron chi connectivity index (χ1n) is 3.46. The van der Waals surface area contributed by atoms with Crippen LogP contribution in [0.1, 0.15) is 5.56 Å². The smallest absolute Gasteiger partial charge is 0.0267 e. The highest BCUT2D eigenvalue weighted by Crippen LogP contribution is 2.28.